The lowest BCUT2D eigenvalue weighted by Gasteiger charge is -2.14. The van der Waals surface area contributed by atoms with Crippen molar-refractivity contribution in [2.45, 2.75) is 12.2 Å². The number of rotatable bonds is 4. The molecule has 0 spiro atoms. The molecule has 0 aliphatic heterocycles. The van der Waals surface area contributed by atoms with E-state index in [-0.39, 0.29) is 20.7 Å². The second kappa shape index (κ2) is 5.39. The molecule has 3 N–H and O–H groups in total. The first-order chi connectivity index (χ1) is 7.75. The number of nitrogens with one attached hydrogen (secondary N) is 1. The molecule has 94 valence electrons. The Morgan fingerprint density at radius 2 is 2.06 bits per heavy atom. The van der Waals surface area contributed by atoms with Gasteiger partial charge >= 0.3 is 0 Å². The van der Waals surface area contributed by atoms with Gasteiger partial charge in [-0.15, -0.1) is 0 Å². The van der Waals surface area contributed by atoms with Gasteiger partial charge in [-0.2, -0.15) is 0 Å². The van der Waals surface area contributed by atoms with Crippen molar-refractivity contribution in [2.75, 3.05) is 4.72 Å². The second-order valence-corrected chi connectivity index (χ2v) is 6.55. The molecule has 0 bridgehead atoms. The minimum Gasteiger partial charge on any atom is -0.392 e. The third-order valence-corrected chi connectivity index (χ3v) is 5.08. The molecule has 0 amide bonds. The topological polar surface area (TPSA) is 72.2 Å². The van der Waals surface area contributed by atoms with Crippen molar-refractivity contribution in [3.05, 3.63) is 28.2 Å². The zero-order valence-corrected chi connectivity index (χ0v) is 11.9. The highest BCUT2D eigenvalue weighted by Gasteiger charge is 2.24. The Hall–Kier alpha value is -0.560. The van der Waals surface area contributed by atoms with Crippen LogP contribution in [0.15, 0.2) is 18.2 Å². The molecule has 1 aromatic carbocycles. The van der Waals surface area contributed by atoms with Crippen LogP contribution in [-0.2, 0) is 10.0 Å². The summed E-state index contributed by atoms with van der Waals surface area (Å²) in [4.78, 5) is -0.115. The molecular formula is C9H10Cl2N2O2S2. The van der Waals surface area contributed by atoms with Crippen LogP contribution < -0.4 is 10.5 Å². The molecule has 1 unspecified atom stereocenters. The summed E-state index contributed by atoms with van der Waals surface area (Å²) in [5, 5.41) is -0.602. The first-order valence-corrected chi connectivity index (χ1v) is 7.21. The van der Waals surface area contributed by atoms with Crippen LogP contribution in [0.4, 0.5) is 5.69 Å². The van der Waals surface area contributed by atoms with Crippen LogP contribution >= 0.6 is 35.4 Å². The minimum atomic E-state index is -3.71. The van der Waals surface area contributed by atoms with E-state index in [0.29, 0.717) is 0 Å². The molecule has 4 nitrogen and oxygen atoms in total. The standard InChI is InChI=1S/C9H10Cl2N2O2S2/c1-5(9(12)16)17(14,15)13-7-4-2-3-6(10)8(7)11/h2-5,13H,1H3,(H2,12,16). The van der Waals surface area contributed by atoms with Gasteiger partial charge in [-0.05, 0) is 19.1 Å². The van der Waals surface area contributed by atoms with E-state index in [0.717, 1.165) is 0 Å². The number of sulfonamides is 1. The molecule has 0 aliphatic rings. The fourth-order valence-corrected chi connectivity index (χ4v) is 2.72. The molecule has 0 aromatic heterocycles. The Labute approximate surface area is 115 Å². The molecule has 1 rings (SSSR count). The molecule has 1 aromatic rings. The summed E-state index contributed by atoms with van der Waals surface area (Å²) in [5.41, 5.74) is 5.49. The second-order valence-electron chi connectivity index (χ2n) is 3.29. The van der Waals surface area contributed by atoms with Gasteiger partial charge in [0.1, 0.15) is 5.25 Å². The van der Waals surface area contributed by atoms with E-state index in [9.17, 15) is 8.42 Å². The minimum absolute atomic E-state index is 0.115. The molecular weight excluding hydrogens is 303 g/mol. The maximum atomic E-state index is 11.8. The Morgan fingerprint density at radius 1 is 1.47 bits per heavy atom. The third-order valence-electron chi connectivity index (χ3n) is 2.07. The van der Waals surface area contributed by atoms with Crippen molar-refractivity contribution in [3.8, 4) is 0 Å². The predicted octanol–water partition coefficient (Wildman–Crippen LogP) is 2.41. The van der Waals surface area contributed by atoms with Gasteiger partial charge < -0.3 is 5.73 Å². The normalized spacial score (nSPS) is 13.1. The summed E-state index contributed by atoms with van der Waals surface area (Å²) in [6.07, 6.45) is 0. The number of hydrogen-bond donors (Lipinski definition) is 2. The van der Waals surface area contributed by atoms with E-state index in [1.54, 1.807) is 12.1 Å². The summed E-state index contributed by atoms with van der Waals surface area (Å²) in [6, 6.07) is 4.63. The monoisotopic (exact) mass is 312 g/mol. The molecule has 17 heavy (non-hydrogen) atoms. The number of halogens is 2. The molecule has 8 heteroatoms. The van der Waals surface area contributed by atoms with Crippen molar-refractivity contribution in [2.24, 2.45) is 5.73 Å². The number of benzene rings is 1. The Kier molecular flexibility index (Phi) is 4.60. The van der Waals surface area contributed by atoms with E-state index < -0.39 is 15.3 Å². The highest BCUT2D eigenvalue weighted by molar-refractivity contribution is 7.95. The van der Waals surface area contributed by atoms with E-state index in [2.05, 4.69) is 16.9 Å². The lowest BCUT2D eigenvalue weighted by atomic mass is 10.3. The van der Waals surface area contributed by atoms with Crippen molar-refractivity contribution in [3.63, 3.8) is 0 Å². The van der Waals surface area contributed by atoms with Crippen molar-refractivity contribution < 1.29 is 8.42 Å². The zero-order valence-electron chi connectivity index (χ0n) is 8.78. The first-order valence-electron chi connectivity index (χ1n) is 4.50. The zero-order chi connectivity index (χ0) is 13.2. The maximum absolute atomic E-state index is 11.8. The third kappa shape index (κ3) is 3.45. The highest BCUT2D eigenvalue weighted by Crippen LogP contribution is 2.30. The average molecular weight is 313 g/mol. The Morgan fingerprint density at radius 3 is 2.59 bits per heavy atom. The van der Waals surface area contributed by atoms with Gasteiger partial charge in [0, 0.05) is 0 Å². The summed E-state index contributed by atoms with van der Waals surface area (Å²) in [7, 11) is -3.71. The summed E-state index contributed by atoms with van der Waals surface area (Å²) in [5.74, 6) is 0. The Bertz CT molecular complexity index is 546. The van der Waals surface area contributed by atoms with E-state index >= 15 is 0 Å². The summed E-state index contributed by atoms with van der Waals surface area (Å²) < 4.78 is 25.9. The number of nitrogens with two attached hydrogens (primary N) is 1. The lowest BCUT2D eigenvalue weighted by Crippen LogP contribution is -2.35. The average Bonchev–Trinajstić information content (AvgIpc) is 2.23. The SMILES string of the molecule is CC(C(N)=S)S(=O)(=O)Nc1cccc(Cl)c1Cl. The van der Waals surface area contributed by atoms with Crippen LogP contribution in [0.3, 0.4) is 0 Å². The van der Waals surface area contributed by atoms with Gasteiger partial charge in [-0.1, -0.05) is 41.5 Å². The quantitative estimate of drug-likeness (QED) is 0.837. The summed E-state index contributed by atoms with van der Waals surface area (Å²) >= 11 is 16.3. The fraction of sp³-hybridized carbons (Fsp3) is 0.222. The van der Waals surface area contributed by atoms with Crippen LogP contribution in [0.2, 0.25) is 10.0 Å². The van der Waals surface area contributed by atoms with Crippen molar-refractivity contribution >= 4 is 56.1 Å². The van der Waals surface area contributed by atoms with Gasteiger partial charge in [-0.25, -0.2) is 8.42 Å². The predicted molar refractivity (Wildman–Crippen MR) is 75.3 cm³/mol. The van der Waals surface area contributed by atoms with Gasteiger partial charge in [-0.3, -0.25) is 4.72 Å². The molecule has 0 saturated heterocycles. The van der Waals surface area contributed by atoms with Crippen LogP contribution in [0.5, 0.6) is 0 Å². The van der Waals surface area contributed by atoms with Gasteiger partial charge in [0.15, 0.2) is 0 Å². The summed E-state index contributed by atoms with van der Waals surface area (Å²) in [6.45, 7) is 1.39. The smallest absolute Gasteiger partial charge is 0.241 e. The van der Waals surface area contributed by atoms with Gasteiger partial charge in [0.05, 0.1) is 20.7 Å². The van der Waals surface area contributed by atoms with Crippen molar-refractivity contribution in [1.82, 2.24) is 0 Å². The fourth-order valence-electron chi connectivity index (χ4n) is 0.977. The van der Waals surface area contributed by atoms with Gasteiger partial charge in [0.25, 0.3) is 0 Å². The molecule has 0 saturated carbocycles. The van der Waals surface area contributed by atoms with Crippen LogP contribution in [0, 0.1) is 0 Å². The lowest BCUT2D eigenvalue weighted by molar-refractivity contribution is 0.598. The first kappa shape index (κ1) is 14.5. The van der Waals surface area contributed by atoms with Crippen LogP contribution in [-0.4, -0.2) is 18.7 Å². The molecule has 0 fully saturated rings. The van der Waals surface area contributed by atoms with Gasteiger partial charge in [0.2, 0.25) is 10.0 Å². The number of thiocarbonyl (C=S) groups is 1. The molecule has 0 aliphatic carbocycles. The molecule has 1 atom stereocenters. The molecule has 0 radical (unpaired) electrons. The highest BCUT2D eigenvalue weighted by atomic mass is 35.5. The maximum Gasteiger partial charge on any atom is 0.241 e. The van der Waals surface area contributed by atoms with E-state index in [4.69, 9.17) is 28.9 Å². The van der Waals surface area contributed by atoms with Crippen LogP contribution in [0.25, 0.3) is 0 Å². The molecule has 0 heterocycles. The Balaban J connectivity index is 3.07. The number of hydrogen-bond acceptors (Lipinski definition) is 3. The largest absolute Gasteiger partial charge is 0.392 e. The van der Waals surface area contributed by atoms with Crippen molar-refractivity contribution in [1.29, 1.82) is 0 Å². The number of anilines is 1. The van der Waals surface area contributed by atoms with E-state index in [1.165, 1.54) is 13.0 Å². The van der Waals surface area contributed by atoms with Crippen LogP contribution in [0.1, 0.15) is 6.92 Å². The van der Waals surface area contributed by atoms with E-state index in [1.807, 2.05) is 0 Å².